The maximum atomic E-state index is 13.2. The topological polar surface area (TPSA) is 63.1 Å². The number of anilines is 2. The SMILES string of the molecule is Cc1ccc(N(Cc2nc3n(n2)CCCCC3)C(=O)Nc2ccccc2)c(C)c1. The number of nitrogens with zero attached hydrogens (tertiary/aromatic N) is 4. The Morgan fingerprint density at radius 1 is 1.10 bits per heavy atom. The summed E-state index contributed by atoms with van der Waals surface area (Å²) in [7, 11) is 0. The molecule has 29 heavy (non-hydrogen) atoms. The highest BCUT2D eigenvalue weighted by molar-refractivity contribution is 6.02. The Kier molecular flexibility index (Phi) is 5.60. The highest BCUT2D eigenvalue weighted by Gasteiger charge is 2.22. The third-order valence-corrected chi connectivity index (χ3v) is 5.28. The van der Waals surface area contributed by atoms with Crippen molar-refractivity contribution in [2.75, 3.05) is 10.2 Å². The number of aryl methyl sites for hydroxylation is 4. The molecule has 1 aromatic heterocycles. The second kappa shape index (κ2) is 8.47. The summed E-state index contributed by atoms with van der Waals surface area (Å²) in [5.74, 6) is 1.71. The molecule has 0 unspecified atom stereocenters. The molecule has 2 amide bonds. The van der Waals surface area contributed by atoms with Crippen LogP contribution in [0.4, 0.5) is 16.2 Å². The largest absolute Gasteiger partial charge is 0.326 e. The first-order valence-corrected chi connectivity index (χ1v) is 10.2. The number of hydrogen-bond acceptors (Lipinski definition) is 3. The summed E-state index contributed by atoms with van der Waals surface area (Å²) in [6.45, 7) is 5.32. The van der Waals surface area contributed by atoms with Crippen LogP contribution in [0.2, 0.25) is 0 Å². The van der Waals surface area contributed by atoms with Gasteiger partial charge in [-0.15, -0.1) is 0 Å². The molecule has 0 saturated heterocycles. The van der Waals surface area contributed by atoms with Crippen LogP contribution in [0.15, 0.2) is 48.5 Å². The van der Waals surface area contributed by atoms with E-state index in [9.17, 15) is 4.79 Å². The molecule has 2 heterocycles. The van der Waals surface area contributed by atoms with Crippen molar-refractivity contribution in [3.8, 4) is 0 Å². The number of rotatable bonds is 4. The van der Waals surface area contributed by atoms with Gasteiger partial charge in [0.2, 0.25) is 0 Å². The molecule has 1 aliphatic rings. The first-order chi connectivity index (χ1) is 14.1. The number of fused-ring (bicyclic) bond motifs is 1. The van der Waals surface area contributed by atoms with Crippen LogP contribution in [0, 0.1) is 13.8 Å². The van der Waals surface area contributed by atoms with Gasteiger partial charge >= 0.3 is 6.03 Å². The number of urea groups is 1. The molecule has 6 heteroatoms. The van der Waals surface area contributed by atoms with Gasteiger partial charge in [-0.3, -0.25) is 4.90 Å². The smallest absolute Gasteiger partial charge is 0.308 e. The van der Waals surface area contributed by atoms with Gasteiger partial charge in [-0.1, -0.05) is 42.3 Å². The fourth-order valence-corrected chi connectivity index (χ4v) is 3.81. The Hall–Kier alpha value is -3.15. The lowest BCUT2D eigenvalue weighted by Gasteiger charge is -2.24. The van der Waals surface area contributed by atoms with Crippen LogP contribution < -0.4 is 10.2 Å². The van der Waals surface area contributed by atoms with Gasteiger partial charge in [0.1, 0.15) is 5.82 Å². The quantitative estimate of drug-likeness (QED) is 0.693. The molecule has 3 aromatic rings. The molecular formula is C23H27N5O. The fraction of sp³-hybridized carbons (Fsp3) is 0.348. The minimum atomic E-state index is -0.187. The molecule has 0 fully saturated rings. The zero-order valence-corrected chi connectivity index (χ0v) is 17.1. The van der Waals surface area contributed by atoms with Crippen molar-refractivity contribution >= 4 is 17.4 Å². The van der Waals surface area contributed by atoms with Crippen molar-refractivity contribution in [1.29, 1.82) is 0 Å². The van der Waals surface area contributed by atoms with Crippen LogP contribution in [-0.2, 0) is 19.5 Å². The summed E-state index contributed by atoms with van der Waals surface area (Å²) in [6.07, 6.45) is 4.44. The first kappa shape index (κ1) is 19.2. The predicted octanol–water partition coefficient (Wildman–Crippen LogP) is 4.86. The Balaban J connectivity index is 1.63. The van der Waals surface area contributed by atoms with Crippen LogP contribution in [0.1, 0.15) is 42.0 Å². The number of hydrogen-bond donors (Lipinski definition) is 1. The average molecular weight is 390 g/mol. The van der Waals surface area contributed by atoms with E-state index in [1.807, 2.05) is 54.1 Å². The predicted molar refractivity (Wildman–Crippen MR) is 115 cm³/mol. The van der Waals surface area contributed by atoms with E-state index >= 15 is 0 Å². The molecule has 6 nitrogen and oxygen atoms in total. The summed E-state index contributed by atoms with van der Waals surface area (Å²) >= 11 is 0. The lowest BCUT2D eigenvalue weighted by Crippen LogP contribution is -2.35. The van der Waals surface area contributed by atoms with Gasteiger partial charge in [0.15, 0.2) is 5.82 Å². The van der Waals surface area contributed by atoms with Crippen LogP contribution >= 0.6 is 0 Å². The minimum Gasteiger partial charge on any atom is -0.308 e. The number of carbonyl (C=O) groups is 1. The van der Waals surface area contributed by atoms with Gasteiger partial charge in [0, 0.05) is 24.3 Å². The summed E-state index contributed by atoms with van der Waals surface area (Å²) in [4.78, 5) is 19.7. The molecule has 0 aliphatic carbocycles. The second-order valence-corrected chi connectivity index (χ2v) is 7.65. The van der Waals surface area contributed by atoms with E-state index in [-0.39, 0.29) is 6.03 Å². The van der Waals surface area contributed by atoms with Gasteiger partial charge in [-0.2, -0.15) is 5.10 Å². The molecule has 0 atom stereocenters. The average Bonchev–Trinajstić information content (AvgIpc) is 2.96. The molecule has 0 spiro atoms. The maximum absolute atomic E-state index is 13.2. The van der Waals surface area contributed by atoms with Crippen LogP contribution in [0.3, 0.4) is 0 Å². The standard InChI is InChI=1S/C23H27N5O/c1-17-12-13-20(18(2)15-17)27(23(29)24-19-9-5-3-6-10-19)16-21-25-22-11-7-4-8-14-28(22)26-21/h3,5-6,9-10,12-13,15H,4,7-8,11,14,16H2,1-2H3,(H,24,29). The highest BCUT2D eigenvalue weighted by Crippen LogP contribution is 2.24. The Bertz CT molecular complexity index is 972. The Labute approximate surface area is 171 Å². The van der Waals surface area contributed by atoms with Crippen molar-refractivity contribution in [3.05, 3.63) is 71.3 Å². The molecule has 4 rings (SSSR count). The zero-order valence-electron chi connectivity index (χ0n) is 17.1. The van der Waals surface area contributed by atoms with Crippen LogP contribution in [0.5, 0.6) is 0 Å². The number of nitrogens with one attached hydrogen (secondary N) is 1. The first-order valence-electron chi connectivity index (χ1n) is 10.2. The lowest BCUT2D eigenvalue weighted by atomic mass is 10.1. The lowest BCUT2D eigenvalue weighted by molar-refractivity contribution is 0.256. The fourth-order valence-electron chi connectivity index (χ4n) is 3.81. The van der Waals surface area contributed by atoms with Crippen molar-refractivity contribution in [2.24, 2.45) is 0 Å². The van der Waals surface area contributed by atoms with Gasteiger partial charge in [-0.05, 0) is 50.5 Å². The van der Waals surface area contributed by atoms with Gasteiger partial charge in [-0.25, -0.2) is 14.5 Å². The minimum absolute atomic E-state index is 0.187. The Morgan fingerprint density at radius 2 is 1.93 bits per heavy atom. The molecule has 0 saturated carbocycles. The van der Waals surface area contributed by atoms with E-state index in [1.54, 1.807) is 4.90 Å². The maximum Gasteiger partial charge on any atom is 0.326 e. The van der Waals surface area contributed by atoms with E-state index < -0.39 is 0 Å². The summed E-state index contributed by atoms with van der Waals surface area (Å²) in [6, 6.07) is 15.4. The molecule has 2 aromatic carbocycles. The number of benzene rings is 2. The van der Waals surface area contributed by atoms with E-state index in [0.29, 0.717) is 12.4 Å². The van der Waals surface area contributed by atoms with Crippen molar-refractivity contribution in [1.82, 2.24) is 14.8 Å². The molecule has 1 aliphatic heterocycles. The van der Waals surface area contributed by atoms with E-state index in [0.717, 1.165) is 48.6 Å². The molecule has 150 valence electrons. The van der Waals surface area contributed by atoms with Crippen molar-refractivity contribution in [2.45, 2.75) is 52.6 Å². The second-order valence-electron chi connectivity index (χ2n) is 7.65. The zero-order chi connectivity index (χ0) is 20.2. The Morgan fingerprint density at radius 3 is 2.72 bits per heavy atom. The third-order valence-electron chi connectivity index (χ3n) is 5.28. The van der Waals surface area contributed by atoms with Crippen LogP contribution in [-0.4, -0.2) is 20.8 Å². The van der Waals surface area contributed by atoms with Crippen LogP contribution in [0.25, 0.3) is 0 Å². The number of para-hydroxylation sites is 1. The number of amides is 2. The van der Waals surface area contributed by atoms with E-state index in [4.69, 9.17) is 10.1 Å². The van der Waals surface area contributed by atoms with E-state index in [2.05, 4.69) is 18.3 Å². The normalized spacial score (nSPS) is 13.4. The monoisotopic (exact) mass is 389 g/mol. The van der Waals surface area contributed by atoms with Gasteiger partial charge in [0.05, 0.1) is 6.54 Å². The summed E-state index contributed by atoms with van der Waals surface area (Å²) in [5, 5.41) is 7.70. The van der Waals surface area contributed by atoms with Crippen molar-refractivity contribution in [3.63, 3.8) is 0 Å². The summed E-state index contributed by atoms with van der Waals surface area (Å²) in [5.41, 5.74) is 3.85. The van der Waals surface area contributed by atoms with E-state index in [1.165, 1.54) is 12.0 Å². The molecule has 0 bridgehead atoms. The van der Waals surface area contributed by atoms with Gasteiger partial charge in [0.25, 0.3) is 0 Å². The van der Waals surface area contributed by atoms with Gasteiger partial charge < -0.3 is 5.32 Å². The highest BCUT2D eigenvalue weighted by atomic mass is 16.2. The molecule has 0 radical (unpaired) electrons. The summed E-state index contributed by atoms with van der Waals surface area (Å²) < 4.78 is 2.01. The number of carbonyl (C=O) groups excluding carboxylic acids is 1. The number of aromatic nitrogens is 3. The molecular weight excluding hydrogens is 362 g/mol. The molecule has 1 N–H and O–H groups in total. The third kappa shape index (κ3) is 4.47. The van der Waals surface area contributed by atoms with Crippen molar-refractivity contribution < 1.29 is 4.79 Å².